The highest BCUT2D eigenvalue weighted by molar-refractivity contribution is 5.03. The number of aromatic nitrogens is 2. The Bertz CT molecular complexity index is 233. The maximum absolute atomic E-state index is 5.43. The second-order valence-electron chi connectivity index (χ2n) is 2.77. The highest BCUT2D eigenvalue weighted by Gasteiger charge is 2.01. The number of hydrogen-bond acceptors (Lipinski definition) is 3. The number of nitrogens with two attached hydrogens (primary N) is 1. The Morgan fingerprint density at radius 3 is 2.82 bits per heavy atom. The van der Waals surface area contributed by atoms with Crippen LogP contribution in [0, 0.1) is 0 Å². The zero-order valence-corrected chi connectivity index (χ0v) is 6.91. The van der Waals surface area contributed by atoms with Crippen LogP contribution in [0.5, 0.6) is 0 Å². The van der Waals surface area contributed by atoms with Crippen molar-refractivity contribution < 1.29 is 0 Å². The predicted molar refractivity (Wildman–Crippen MR) is 44.0 cm³/mol. The summed E-state index contributed by atoms with van der Waals surface area (Å²) in [6.45, 7) is 4.62. The molecular formula is C8H13N3. The van der Waals surface area contributed by atoms with E-state index in [0.29, 0.717) is 12.5 Å². The summed E-state index contributed by atoms with van der Waals surface area (Å²) in [5.41, 5.74) is 6.33. The molecule has 0 spiro atoms. The van der Waals surface area contributed by atoms with Crippen LogP contribution in [0.15, 0.2) is 12.3 Å². The summed E-state index contributed by atoms with van der Waals surface area (Å²) in [5, 5.41) is 0. The summed E-state index contributed by atoms with van der Waals surface area (Å²) in [7, 11) is 0. The smallest absolute Gasteiger partial charge is 0.131 e. The summed E-state index contributed by atoms with van der Waals surface area (Å²) in [6, 6.07) is 1.84. The fourth-order valence-electron chi connectivity index (χ4n) is 0.805. The molecule has 1 aromatic heterocycles. The lowest BCUT2D eigenvalue weighted by Gasteiger charge is -2.03. The van der Waals surface area contributed by atoms with Crippen molar-refractivity contribution in [2.24, 2.45) is 5.73 Å². The van der Waals surface area contributed by atoms with Crippen LogP contribution in [-0.4, -0.2) is 9.97 Å². The first-order valence-corrected chi connectivity index (χ1v) is 3.76. The van der Waals surface area contributed by atoms with Crippen molar-refractivity contribution in [3.8, 4) is 0 Å². The van der Waals surface area contributed by atoms with Gasteiger partial charge in [-0.15, -0.1) is 0 Å². The van der Waals surface area contributed by atoms with E-state index in [-0.39, 0.29) is 0 Å². The third-order valence-electron chi connectivity index (χ3n) is 1.46. The lowest BCUT2D eigenvalue weighted by Crippen LogP contribution is -2.04. The quantitative estimate of drug-likeness (QED) is 0.687. The van der Waals surface area contributed by atoms with Crippen molar-refractivity contribution in [1.82, 2.24) is 9.97 Å². The van der Waals surface area contributed by atoms with Gasteiger partial charge < -0.3 is 5.73 Å². The zero-order valence-electron chi connectivity index (χ0n) is 6.91. The van der Waals surface area contributed by atoms with E-state index in [9.17, 15) is 0 Å². The van der Waals surface area contributed by atoms with Gasteiger partial charge in [-0.05, 0) is 6.07 Å². The second-order valence-corrected chi connectivity index (χ2v) is 2.77. The normalized spacial score (nSPS) is 10.5. The van der Waals surface area contributed by atoms with Crippen molar-refractivity contribution in [3.63, 3.8) is 0 Å². The third-order valence-corrected chi connectivity index (χ3v) is 1.46. The molecule has 0 bridgehead atoms. The molecule has 0 amide bonds. The summed E-state index contributed by atoms with van der Waals surface area (Å²) in [6.07, 6.45) is 1.75. The van der Waals surface area contributed by atoms with Gasteiger partial charge in [0, 0.05) is 18.7 Å². The molecule has 2 N–H and O–H groups in total. The van der Waals surface area contributed by atoms with E-state index in [0.717, 1.165) is 11.5 Å². The fourth-order valence-corrected chi connectivity index (χ4v) is 0.805. The van der Waals surface area contributed by atoms with Crippen LogP contribution < -0.4 is 5.73 Å². The predicted octanol–water partition coefficient (Wildman–Crippen LogP) is 1.06. The summed E-state index contributed by atoms with van der Waals surface area (Å²) in [4.78, 5) is 8.37. The first kappa shape index (κ1) is 8.14. The molecule has 0 aromatic carbocycles. The van der Waals surface area contributed by atoms with Crippen LogP contribution in [0.4, 0.5) is 0 Å². The fraction of sp³-hybridized carbons (Fsp3) is 0.500. The van der Waals surface area contributed by atoms with Crippen LogP contribution in [-0.2, 0) is 6.54 Å². The number of hydrogen-bond donors (Lipinski definition) is 1. The SMILES string of the molecule is CC(C)c1nccc(CN)n1. The molecule has 60 valence electrons. The van der Waals surface area contributed by atoms with E-state index in [1.165, 1.54) is 0 Å². The van der Waals surface area contributed by atoms with Gasteiger partial charge in [-0.25, -0.2) is 9.97 Å². The van der Waals surface area contributed by atoms with Crippen molar-refractivity contribution in [2.45, 2.75) is 26.3 Å². The van der Waals surface area contributed by atoms with Gasteiger partial charge in [0.05, 0.1) is 5.69 Å². The van der Waals surface area contributed by atoms with E-state index >= 15 is 0 Å². The van der Waals surface area contributed by atoms with Crippen molar-refractivity contribution >= 4 is 0 Å². The van der Waals surface area contributed by atoms with Gasteiger partial charge in [-0.2, -0.15) is 0 Å². The van der Waals surface area contributed by atoms with Gasteiger partial charge in [0.2, 0.25) is 0 Å². The zero-order chi connectivity index (χ0) is 8.27. The molecule has 0 saturated carbocycles. The van der Waals surface area contributed by atoms with Gasteiger partial charge >= 0.3 is 0 Å². The van der Waals surface area contributed by atoms with Crippen LogP contribution in [0.3, 0.4) is 0 Å². The van der Waals surface area contributed by atoms with Crippen molar-refractivity contribution in [3.05, 3.63) is 23.8 Å². The van der Waals surface area contributed by atoms with E-state index in [1.54, 1.807) is 6.20 Å². The average Bonchev–Trinajstić information content (AvgIpc) is 2.05. The van der Waals surface area contributed by atoms with Gasteiger partial charge in [0.25, 0.3) is 0 Å². The highest BCUT2D eigenvalue weighted by atomic mass is 14.9. The van der Waals surface area contributed by atoms with Gasteiger partial charge in [0.1, 0.15) is 5.82 Å². The molecule has 0 fully saturated rings. The molecular weight excluding hydrogens is 138 g/mol. The highest BCUT2D eigenvalue weighted by Crippen LogP contribution is 2.07. The van der Waals surface area contributed by atoms with Crippen LogP contribution in [0.2, 0.25) is 0 Å². The van der Waals surface area contributed by atoms with Crippen molar-refractivity contribution in [2.75, 3.05) is 0 Å². The molecule has 1 heterocycles. The Balaban J connectivity index is 2.91. The molecule has 3 heteroatoms. The molecule has 11 heavy (non-hydrogen) atoms. The Kier molecular flexibility index (Phi) is 2.54. The monoisotopic (exact) mass is 151 g/mol. The molecule has 0 saturated heterocycles. The van der Waals surface area contributed by atoms with Gasteiger partial charge in [-0.1, -0.05) is 13.8 Å². The maximum Gasteiger partial charge on any atom is 0.131 e. The topological polar surface area (TPSA) is 51.8 Å². The molecule has 0 aliphatic rings. The molecule has 0 aliphatic heterocycles. The maximum atomic E-state index is 5.43. The minimum Gasteiger partial charge on any atom is -0.325 e. The van der Waals surface area contributed by atoms with E-state index < -0.39 is 0 Å². The Morgan fingerprint density at radius 2 is 2.27 bits per heavy atom. The lowest BCUT2D eigenvalue weighted by molar-refractivity contribution is 0.756. The van der Waals surface area contributed by atoms with Crippen LogP contribution in [0.25, 0.3) is 0 Å². The van der Waals surface area contributed by atoms with E-state index in [2.05, 4.69) is 23.8 Å². The van der Waals surface area contributed by atoms with Crippen molar-refractivity contribution in [1.29, 1.82) is 0 Å². The average molecular weight is 151 g/mol. The molecule has 0 radical (unpaired) electrons. The minimum absolute atomic E-state index is 0.376. The summed E-state index contributed by atoms with van der Waals surface area (Å²) in [5.74, 6) is 1.24. The number of rotatable bonds is 2. The first-order valence-electron chi connectivity index (χ1n) is 3.76. The molecule has 0 atom stereocenters. The minimum atomic E-state index is 0.376. The number of nitrogens with zero attached hydrogens (tertiary/aromatic N) is 2. The van der Waals surface area contributed by atoms with Gasteiger partial charge in [-0.3, -0.25) is 0 Å². The second kappa shape index (κ2) is 3.44. The molecule has 0 unspecified atom stereocenters. The lowest BCUT2D eigenvalue weighted by atomic mass is 10.2. The Morgan fingerprint density at radius 1 is 1.55 bits per heavy atom. The summed E-state index contributed by atoms with van der Waals surface area (Å²) >= 11 is 0. The first-order chi connectivity index (χ1) is 5.24. The molecule has 1 aromatic rings. The van der Waals surface area contributed by atoms with Crippen LogP contribution in [0.1, 0.15) is 31.3 Å². The molecule has 0 aliphatic carbocycles. The van der Waals surface area contributed by atoms with Gasteiger partial charge in [0.15, 0.2) is 0 Å². The summed E-state index contributed by atoms with van der Waals surface area (Å²) < 4.78 is 0. The third kappa shape index (κ3) is 1.98. The Hall–Kier alpha value is -0.960. The molecule has 3 nitrogen and oxygen atoms in total. The molecule has 1 rings (SSSR count). The standard InChI is InChI=1S/C8H13N3/c1-6(2)8-10-4-3-7(5-9)11-8/h3-4,6H,5,9H2,1-2H3. The Labute approximate surface area is 66.7 Å². The largest absolute Gasteiger partial charge is 0.325 e. The van der Waals surface area contributed by atoms with Crippen LogP contribution >= 0.6 is 0 Å². The van der Waals surface area contributed by atoms with E-state index in [4.69, 9.17) is 5.73 Å². The van der Waals surface area contributed by atoms with E-state index in [1.807, 2.05) is 6.07 Å².